The molecule has 28 heavy (non-hydrogen) atoms. The Morgan fingerprint density at radius 2 is 1.93 bits per heavy atom. The predicted octanol–water partition coefficient (Wildman–Crippen LogP) is 2.99. The molecule has 1 aliphatic rings. The van der Waals surface area contributed by atoms with E-state index in [1.165, 1.54) is 24.3 Å². The summed E-state index contributed by atoms with van der Waals surface area (Å²) in [5.41, 5.74) is 1.60. The standard InChI is InChI=1S/C19H19BrN2O5S/c1-12-9-15(7-8-17(12)20)21-18(23)11-27-19(24)13-3-2-4-16(10-13)28(25,26)22-14-5-6-14/h2-4,7-10,14,22H,5-6,11H2,1H3,(H,21,23). The summed E-state index contributed by atoms with van der Waals surface area (Å²) in [6.45, 7) is 1.41. The van der Waals surface area contributed by atoms with Crippen molar-refractivity contribution in [3.63, 3.8) is 0 Å². The van der Waals surface area contributed by atoms with Gasteiger partial charge >= 0.3 is 5.97 Å². The minimum atomic E-state index is -3.67. The van der Waals surface area contributed by atoms with Gasteiger partial charge < -0.3 is 10.1 Å². The minimum Gasteiger partial charge on any atom is -0.452 e. The third-order valence-corrected chi connectivity index (χ3v) is 6.46. The van der Waals surface area contributed by atoms with Gasteiger partial charge in [0.25, 0.3) is 5.91 Å². The highest BCUT2D eigenvalue weighted by Gasteiger charge is 2.28. The summed E-state index contributed by atoms with van der Waals surface area (Å²) in [7, 11) is -3.67. The van der Waals surface area contributed by atoms with Crippen LogP contribution in [0, 0.1) is 6.92 Å². The fourth-order valence-corrected chi connectivity index (χ4v) is 4.01. The fraction of sp³-hybridized carbons (Fsp3) is 0.263. The minimum absolute atomic E-state index is 0.0105. The molecule has 148 valence electrons. The highest BCUT2D eigenvalue weighted by atomic mass is 79.9. The largest absolute Gasteiger partial charge is 0.452 e. The van der Waals surface area contributed by atoms with Gasteiger partial charge in [-0.15, -0.1) is 0 Å². The molecule has 1 saturated carbocycles. The average molecular weight is 467 g/mol. The number of amides is 1. The van der Waals surface area contributed by atoms with Gasteiger partial charge in [0, 0.05) is 16.2 Å². The molecule has 1 amide bonds. The van der Waals surface area contributed by atoms with Gasteiger partial charge in [0.05, 0.1) is 10.5 Å². The Morgan fingerprint density at radius 3 is 2.61 bits per heavy atom. The Balaban J connectivity index is 1.59. The van der Waals surface area contributed by atoms with E-state index in [-0.39, 0.29) is 16.5 Å². The zero-order chi connectivity index (χ0) is 20.3. The highest BCUT2D eigenvalue weighted by molar-refractivity contribution is 9.10. The summed E-state index contributed by atoms with van der Waals surface area (Å²) in [5, 5.41) is 2.64. The summed E-state index contributed by atoms with van der Waals surface area (Å²) in [6.07, 6.45) is 1.63. The molecule has 0 heterocycles. The van der Waals surface area contributed by atoms with Crippen molar-refractivity contribution in [2.24, 2.45) is 0 Å². The number of hydrogen-bond acceptors (Lipinski definition) is 5. The van der Waals surface area contributed by atoms with E-state index >= 15 is 0 Å². The molecule has 9 heteroatoms. The molecule has 3 rings (SSSR count). The Hall–Kier alpha value is -2.23. The van der Waals surface area contributed by atoms with E-state index in [1.807, 2.05) is 6.92 Å². The third-order valence-electron chi connectivity index (χ3n) is 4.06. The zero-order valence-electron chi connectivity index (χ0n) is 15.1. The third kappa shape index (κ3) is 5.40. The van der Waals surface area contributed by atoms with Gasteiger partial charge in [-0.2, -0.15) is 0 Å². The number of benzene rings is 2. The molecular weight excluding hydrogens is 448 g/mol. The second kappa shape index (κ2) is 8.42. The lowest BCUT2D eigenvalue weighted by Gasteiger charge is -2.09. The van der Waals surface area contributed by atoms with Gasteiger partial charge in [0.1, 0.15) is 0 Å². The van der Waals surface area contributed by atoms with Crippen molar-refractivity contribution in [3.05, 3.63) is 58.1 Å². The van der Waals surface area contributed by atoms with Crippen molar-refractivity contribution < 1.29 is 22.7 Å². The molecule has 0 atom stereocenters. The Labute approximate surface area is 171 Å². The van der Waals surface area contributed by atoms with E-state index in [2.05, 4.69) is 26.0 Å². The van der Waals surface area contributed by atoms with Crippen LogP contribution in [-0.2, 0) is 19.6 Å². The van der Waals surface area contributed by atoms with Gasteiger partial charge in [-0.25, -0.2) is 17.9 Å². The van der Waals surface area contributed by atoms with Crippen LogP contribution in [0.5, 0.6) is 0 Å². The van der Waals surface area contributed by atoms with Gasteiger partial charge in [-0.1, -0.05) is 22.0 Å². The molecule has 0 radical (unpaired) electrons. The number of rotatable bonds is 7. The molecule has 0 bridgehead atoms. The number of anilines is 1. The first-order valence-corrected chi connectivity index (χ1v) is 10.9. The Kier molecular flexibility index (Phi) is 6.17. The van der Waals surface area contributed by atoms with Crippen LogP contribution in [0.25, 0.3) is 0 Å². The summed E-state index contributed by atoms with van der Waals surface area (Å²) < 4.78 is 33.0. The number of carbonyl (C=O) groups is 2. The van der Waals surface area contributed by atoms with E-state index < -0.39 is 28.5 Å². The quantitative estimate of drug-likeness (QED) is 0.610. The van der Waals surface area contributed by atoms with Gasteiger partial charge in [-0.05, 0) is 61.7 Å². The molecule has 2 N–H and O–H groups in total. The number of sulfonamides is 1. The van der Waals surface area contributed by atoms with E-state index in [1.54, 1.807) is 18.2 Å². The first kappa shape index (κ1) is 20.5. The van der Waals surface area contributed by atoms with Crippen molar-refractivity contribution in [1.82, 2.24) is 4.72 Å². The summed E-state index contributed by atoms with van der Waals surface area (Å²) in [4.78, 5) is 24.2. The van der Waals surface area contributed by atoms with Crippen molar-refractivity contribution in [2.75, 3.05) is 11.9 Å². The van der Waals surface area contributed by atoms with Crippen LogP contribution >= 0.6 is 15.9 Å². The Morgan fingerprint density at radius 1 is 1.18 bits per heavy atom. The molecular formula is C19H19BrN2O5S. The second-order valence-electron chi connectivity index (χ2n) is 6.51. The number of aryl methyl sites for hydroxylation is 1. The van der Waals surface area contributed by atoms with Crippen LogP contribution in [-0.4, -0.2) is 32.9 Å². The Bertz CT molecular complexity index is 1020. The molecule has 2 aromatic rings. The van der Waals surface area contributed by atoms with Crippen LogP contribution in [0.2, 0.25) is 0 Å². The van der Waals surface area contributed by atoms with Crippen molar-refractivity contribution >= 4 is 43.5 Å². The maximum Gasteiger partial charge on any atom is 0.338 e. The number of ether oxygens (including phenoxy) is 1. The van der Waals surface area contributed by atoms with Crippen molar-refractivity contribution in [1.29, 1.82) is 0 Å². The molecule has 0 aliphatic heterocycles. The molecule has 1 fully saturated rings. The first-order chi connectivity index (χ1) is 13.2. The average Bonchev–Trinajstić information content (AvgIpc) is 3.46. The lowest BCUT2D eigenvalue weighted by molar-refractivity contribution is -0.119. The lowest BCUT2D eigenvalue weighted by Crippen LogP contribution is -2.26. The van der Waals surface area contributed by atoms with Crippen molar-refractivity contribution in [3.8, 4) is 0 Å². The van der Waals surface area contributed by atoms with E-state index in [9.17, 15) is 18.0 Å². The summed E-state index contributed by atoms with van der Waals surface area (Å²) in [6, 6.07) is 10.8. The highest BCUT2D eigenvalue weighted by Crippen LogP contribution is 2.23. The fourth-order valence-electron chi connectivity index (χ4n) is 2.41. The number of nitrogens with one attached hydrogen (secondary N) is 2. The SMILES string of the molecule is Cc1cc(NC(=O)COC(=O)c2cccc(S(=O)(=O)NC3CC3)c2)ccc1Br. The normalized spacial score (nSPS) is 13.8. The van der Waals surface area contributed by atoms with Gasteiger partial charge in [0.2, 0.25) is 10.0 Å². The van der Waals surface area contributed by atoms with Crippen LogP contribution in [0.4, 0.5) is 5.69 Å². The lowest BCUT2D eigenvalue weighted by atomic mass is 10.2. The van der Waals surface area contributed by atoms with Crippen LogP contribution < -0.4 is 10.0 Å². The number of hydrogen-bond donors (Lipinski definition) is 2. The van der Waals surface area contributed by atoms with E-state index in [0.717, 1.165) is 22.9 Å². The molecule has 0 saturated heterocycles. The maximum absolute atomic E-state index is 12.2. The summed E-state index contributed by atoms with van der Waals surface area (Å²) in [5.74, 6) is -1.26. The maximum atomic E-state index is 12.2. The smallest absolute Gasteiger partial charge is 0.338 e. The monoisotopic (exact) mass is 466 g/mol. The molecule has 1 aliphatic carbocycles. The topological polar surface area (TPSA) is 102 Å². The predicted molar refractivity (Wildman–Crippen MR) is 108 cm³/mol. The van der Waals surface area contributed by atoms with Crippen LogP contribution in [0.1, 0.15) is 28.8 Å². The first-order valence-electron chi connectivity index (χ1n) is 8.60. The number of halogens is 1. The number of carbonyl (C=O) groups excluding carboxylic acids is 2. The second-order valence-corrected chi connectivity index (χ2v) is 9.08. The van der Waals surface area contributed by atoms with Crippen LogP contribution in [0.3, 0.4) is 0 Å². The van der Waals surface area contributed by atoms with Gasteiger partial charge in [-0.3, -0.25) is 4.79 Å². The van der Waals surface area contributed by atoms with E-state index in [0.29, 0.717) is 5.69 Å². The molecule has 7 nitrogen and oxygen atoms in total. The van der Waals surface area contributed by atoms with Gasteiger partial charge in [0.15, 0.2) is 6.61 Å². The zero-order valence-corrected chi connectivity index (χ0v) is 17.5. The summed E-state index contributed by atoms with van der Waals surface area (Å²) >= 11 is 3.38. The molecule has 2 aromatic carbocycles. The van der Waals surface area contributed by atoms with Crippen LogP contribution in [0.15, 0.2) is 51.8 Å². The molecule has 0 unspecified atom stereocenters. The molecule has 0 spiro atoms. The van der Waals surface area contributed by atoms with Crippen molar-refractivity contribution in [2.45, 2.75) is 30.7 Å². The van der Waals surface area contributed by atoms with E-state index in [4.69, 9.17) is 4.74 Å². The molecule has 0 aromatic heterocycles. The number of esters is 1.